The first kappa shape index (κ1) is 29.0. The van der Waals surface area contributed by atoms with Gasteiger partial charge in [-0.3, -0.25) is 19.2 Å². The zero-order valence-corrected chi connectivity index (χ0v) is 18.6. The first-order valence-electron chi connectivity index (χ1n) is 9.37. The van der Waals surface area contributed by atoms with Crippen molar-refractivity contribution in [3.63, 3.8) is 0 Å². The Morgan fingerprint density at radius 1 is 0.788 bits per heavy atom. The number of carbonyl (C=O) groups is 5. The molecule has 0 spiro atoms. The second kappa shape index (κ2) is 15.7. The van der Waals surface area contributed by atoms with Gasteiger partial charge < -0.3 is 9.47 Å². The van der Waals surface area contributed by atoms with Crippen molar-refractivity contribution in [2.24, 2.45) is 0 Å². The first-order valence-corrected chi connectivity index (χ1v) is 9.37. The summed E-state index contributed by atoms with van der Waals surface area (Å²) in [4.78, 5) is 52.7. The molecule has 0 atom stereocenters. The second-order valence-corrected chi connectivity index (χ2v) is 6.28. The number of halogens is 2. The minimum absolute atomic E-state index is 0.0610. The summed E-state index contributed by atoms with van der Waals surface area (Å²) in [6.45, 7) is 2.61. The van der Waals surface area contributed by atoms with Gasteiger partial charge in [-0.05, 0) is 61.9 Å². The lowest BCUT2D eigenvalue weighted by Crippen LogP contribution is -2.11. The highest BCUT2D eigenvalue weighted by Crippen LogP contribution is 2.10. The van der Waals surface area contributed by atoms with Crippen molar-refractivity contribution < 1.29 is 42.2 Å². The normalized spacial score (nSPS) is 9.82. The highest BCUT2D eigenvalue weighted by molar-refractivity contribution is 6.19. The topological polar surface area (TPSA) is 104 Å². The molecule has 0 bridgehead atoms. The zero-order valence-electron chi connectivity index (χ0n) is 18.6. The van der Waals surface area contributed by atoms with Crippen LogP contribution in [0.4, 0.5) is 8.78 Å². The third kappa shape index (κ3) is 13.1. The third-order valence-electron chi connectivity index (χ3n) is 3.59. The van der Waals surface area contributed by atoms with Crippen molar-refractivity contribution in [3.05, 3.63) is 76.9 Å². The Balaban J connectivity index is 0.000000511. The van der Waals surface area contributed by atoms with Crippen molar-refractivity contribution in [1.29, 1.82) is 0 Å². The van der Waals surface area contributed by atoms with Crippen LogP contribution in [0.3, 0.4) is 0 Å². The van der Waals surface area contributed by atoms with Gasteiger partial charge in [0.2, 0.25) is 0 Å². The quantitative estimate of drug-likeness (QED) is 0.212. The molecule has 176 valence electrons. The van der Waals surface area contributed by atoms with Gasteiger partial charge in [0.1, 0.15) is 35.7 Å². The first-order chi connectivity index (χ1) is 15.5. The maximum absolute atomic E-state index is 12.6. The van der Waals surface area contributed by atoms with E-state index in [-0.39, 0.29) is 29.4 Å². The number of esters is 2. The molecule has 0 heterocycles. The fourth-order valence-electron chi connectivity index (χ4n) is 1.96. The average molecular weight is 462 g/mol. The number of carbonyl (C=O) groups excluding carboxylic acids is 5. The summed E-state index contributed by atoms with van der Waals surface area (Å²) in [7, 11) is 2.45. The Morgan fingerprint density at radius 2 is 1.24 bits per heavy atom. The smallest absolute Gasteiger partial charge is 0.341 e. The summed E-state index contributed by atoms with van der Waals surface area (Å²) in [6, 6.07) is 10.8. The number of hydrogen-bond acceptors (Lipinski definition) is 7. The molecule has 0 aliphatic rings. The van der Waals surface area contributed by atoms with Crippen molar-refractivity contribution >= 4 is 35.9 Å². The van der Waals surface area contributed by atoms with Gasteiger partial charge in [-0.15, -0.1) is 0 Å². The third-order valence-corrected chi connectivity index (χ3v) is 3.59. The summed E-state index contributed by atoms with van der Waals surface area (Å²) in [6.07, 6.45) is 1.93. The molecule has 0 aromatic heterocycles. The van der Waals surface area contributed by atoms with E-state index in [4.69, 9.17) is 0 Å². The van der Waals surface area contributed by atoms with Gasteiger partial charge in [0, 0.05) is 5.56 Å². The lowest BCUT2D eigenvalue weighted by atomic mass is 10.1. The number of aldehydes is 1. The van der Waals surface area contributed by atoms with Crippen LogP contribution in [0, 0.1) is 11.6 Å². The fourth-order valence-corrected chi connectivity index (χ4v) is 1.96. The van der Waals surface area contributed by atoms with E-state index in [1.165, 1.54) is 82.7 Å². The summed E-state index contributed by atoms with van der Waals surface area (Å²) < 4.78 is 33.4. The SMILES string of the molecule is COC(=O)/C(=C\c1ccc(F)cc1)C(C)=O.COC(=O)CC(C)=O.O=Cc1ccc(F)cc1. The fraction of sp³-hybridized carbons (Fsp3) is 0.208. The van der Waals surface area contributed by atoms with Gasteiger partial charge in [-0.25, -0.2) is 13.6 Å². The molecule has 0 aliphatic carbocycles. The summed E-state index contributed by atoms with van der Waals surface area (Å²) >= 11 is 0. The van der Waals surface area contributed by atoms with Crippen LogP contribution in [-0.4, -0.2) is 44.0 Å². The predicted molar refractivity (Wildman–Crippen MR) is 116 cm³/mol. The Kier molecular flexibility index (Phi) is 13.8. The van der Waals surface area contributed by atoms with Crippen LogP contribution in [-0.2, 0) is 28.7 Å². The van der Waals surface area contributed by atoms with Crippen molar-refractivity contribution in [2.45, 2.75) is 20.3 Å². The highest BCUT2D eigenvalue weighted by Gasteiger charge is 2.14. The number of ketones is 2. The Hall–Kier alpha value is -4.01. The van der Waals surface area contributed by atoms with Gasteiger partial charge in [-0.2, -0.15) is 0 Å². The van der Waals surface area contributed by atoms with Crippen LogP contribution in [0.1, 0.15) is 36.2 Å². The van der Waals surface area contributed by atoms with Crippen LogP contribution in [0.2, 0.25) is 0 Å². The van der Waals surface area contributed by atoms with Crippen LogP contribution in [0.25, 0.3) is 6.08 Å². The molecule has 0 saturated carbocycles. The highest BCUT2D eigenvalue weighted by atomic mass is 19.1. The van der Waals surface area contributed by atoms with Gasteiger partial charge >= 0.3 is 11.9 Å². The van der Waals surface area contributed by atoms with Crippen LogP contribution in [0.15, 0.2) is 54.1 Å². The minimum atomic E-state index is -0.697. The largest absolute Gasteiger partial charge is 0.469 e. The molecule has 2 aromatic rings. The van der Waals surface area contributed by atoms with Crippen LogP contribution < -0.4 is 0 Å². The monoisotopic (exact) mass is 462 g/mol. The second-order valence-electron chi connectivity index (χ2n) is 6.28. The molecule has 33 heavy (non-hydrogen) atoms. The molecule has 0 fully saturated rings. The summed E-state index contributed by atoms with van der Waals surface area (Å²) in [5.74, 6) is -2.43. The number of ether oxygens (including phenoxy) is 2. The molecule has 0 aliphatic heterocycles. The average Bonchev–Trinajstić information content (AvgIpc) is 2.79. The van der Waals surface area contributed by atoms with Gasteiger partial charge in [0.15, 0.2) is 5.78 Å². The lowest BCUT2D eigenvalue weighted by molar-refractivity contribution is -0.143. The number of benzene rings is 2. The minimum Gasteiger partial charge on any atom is -0.469 e. The van der Waals surface area contributed by atoms with E-state index in [2.05, 4.69) is 9.47 Å². The molecule has 0 amide bonds. The maximum atomic E-state index is 12.6. The maximum Gasteiger partial charge on any atom is 0.341 e. The Morgan fingerprint density at radius 3 is 1.55 bits per heavy atom. The molecule has 0 radical (unpaired) electrons. The summed E-state index contributed by atoms with van der Waals surface area (Å²) in [5, 5.41) is 0. The van der Waals surface area contributed by atoms with Crippen molar-refractivity contribution in [1.82, 2.24) is 0 Å². The van der Waals surface area contributed by atoms with E-state index in [0.29, 0.717) is 17.4 Å². The van der Waals surface area contributed by atoms with Gasteiger partial charge in [-0.1, -0.05) is 12.1 Å². The van der Waals surface area contributed by atoms with E-state index in [9.17, 15) is 32.8 Å². The molecule has 0 N–H and O–H groups in total. The van der Waals surface area contributed by atoms with E-state index in [1.54, 1.807) is 0 Å². The van der Waals surface area contributed by atoms with Gasteiger partial charge in [0.05, 0.1) is 14.2 Å². The number of Topliss-reactive ketones (excluding diaryl/α,β-unsaturated/α-hetero) is 2. The molecular weight excluding hydrogens is 438 g/mol. The molecule has 0 saturated heterocycles. The lowest BCUT2D eigenvalue weighted by Gasteiger charge is -2.01. The zero-order chi connectivity index (χ0) is 25.4. The standard InChI is InChI=1S/C12H11FO3.C7H5FO.C5H8O3/c1-8(14)11(12(15)16-2)7-9-3-5-10(13)6-4-9;8-7-3-1-6(5-9)2-4-7;1-4(6)3-5(7)8-2/h3-7H,1-2H3;1-5H;3H2,1-2H3/b11-7-;;. The van der Waals surface area contributed by atoms with Crippen LogP contribution >= 0.6 is 0 Å². The summed E-state index contributed by atoms with van der Waals surface area (Å²) in [5.41, 5.74) is 1.00. The van der Waals surface area contributed by atoms with E-state index >= 15 is 0 Å². The molecule has 2 rings (SSSR count). The molecule has 0 unspecified atom stereocenters. The van der Waals surface area contributed by atoms with E-state index in [1.807, 2.05) is 0 Å². The molecule has 2 aromatic carbocycles. The van der Waals surface area contributed by atoms with E-state index < -0.39 is 17.7 Å². The Bertz CT molecular complexity index is 979. The van der Waals surface area contributed by atoms with Gasteiger partial charge in [0.25, 0.3) is 0 Å². The van der Waals surface area contributed by atoms with Crippen molar-refractivity contribution in [2.75, 3.05) is 14.2 Å². The molecular formula is C24H24F2O7. The predicted octanol–water partition coefficient (Wildman–Crippen LogP) is 3.75. The van der Waals surface area contributed by atoms with Crippen LogP contribution in [0.5, 0.6) is 0 Å². The van der Waals surface area contributed by atoms with E-state index in [0.717, 1.165) is 0 Å². The number of hydrogen-bond donors (Lipinski definition) is 0. The molecule has 9 heteroatoms. The number of rotatable bonds is 6. The Labute approximate surface area is 190 Å². The molecule has 7 nitrogen and oxygen atoms in total. The van der Waals surface area contributed by atoms with Crippen molar-refractivity contribution in [3.8, 4) is 0 Å². The number of methoxy groups -OCH3 is 2.